The molecule has 0 fully saturated rings. The van der Waals surface area contributed by atoms with Crippen LogP contribution in [0.1, 0.15) is 22.8 Å². The van der Waals surface area contributed by atoms with Gasteiger partial charge >= 0.3 is 0 Å². The van der Waals surface area contributed by atoms with Crippen LogP contribution in [0.2, 0.25) is 0 Å². The zero-order valence-electron chi connectivity index (χ0n) is 10.4. The van der Waals surface area contributed by atoms with Crippen LogP contribution in [-0.2, 0) is 0 Å². The summed E-state index contributed by atoms with van der Waals surface area (Å²) in [4.78, 5) is 0. The molecule has 0 bridgehead atoms. The van der Waals surface area contributed by atoms with Crippen LogP contribution in [0.4, 0.5) is 4.39 Å². The summed E-state index contributed by atoms with van der Waals surface area (Å²) in [5.74, 6) is 0.234. The van der Waals surface area contributed by atoms with Gasteiger partial charge in [0.25, 0.3) is 0 Å². The van der Waals surface area contributed by atoms with Gasteiger partial charge in [-0.25, -0.2) is 4.39 Å². The Balaban J connectivity index is 2.47. The largest absolute Gasteiger partial charge is 0.496 e. The predicted octanol–water partition coefficient (Wildman–Crippen LogP) is 3.22. The molecule has 1 N–H and O–H groups in total. The van der Waals surface area contributed by atoms with E-state index in [1.807, 2.05) is 19.1 Å². The van der Waals surface area contributed by atoms with Gasteiger partial charge in [-0.15, -0.1) is 0 Å². The Labute approximate surface area is 106 Å². The Morgan fingerprint density at radius 1 is 1.11 bits per heavy atom. The van der Waals surface area contributed by atoms with Crippen LogP contribution in [0, 0.1) is 12.7 Å². The fourth-order valence-corrected chi connectivity index (χ4v) is 1.97. The van der Waals surface area contributed by atoms with E-state index < -0.39 is 6.10 Å². The molecular formula is C15H15FO2. The zero-order valence-corrected chi connectivity index (χ0v) is 10.4. The Hall–Kier alpha value is -1.87. The van der Waals surface area contributed by atoms with Crippen LogP contribution in [0.25, 0.3) is 0 Å². The maximum atomic E-state index is 13.3. The maximum absolute atomic E-state index is 13.3. The first-order valence-electron chi connectivity index (χ1n) is 5.70. The summed E-state index contributed by atoms with van der Waals surface area (Å²) in [6, 6.07) is 11.6. The molecule has 0 saturated heterocycles. The number of hydrogen-bond donors (Lipinski definition) is 1. The quantitative estimate of drug-likeness (QED) is 0.901. The maximum Gasteiger partial charge on any atom is 0.125 e. The van der Waals surface area contributed by atoms with Gasteiger partial charge in [0.2, 0.25) is 0 Å². The second-order valence-corrected chi connectivity index (χ2v) is 4.15. The third-order valence-corrected chi connectivity index (χ3v) is 2.97. The van der Waals surface area contributed by atoms with Gasteiger partial charge in [-0.05, 0) is 36.2 Å². The lowest BCUT2D eigenvalue weighted by Crippen LogP contribution is -2.04. The summed E-state index contributed by atoms with van der Waals surface area (Å²) in [6.07, 6.45) is -0.892. The monoisotopic (exact) mass is 246 g/mol. The van der Waals surface area contributed by atoms with Gasteiger partial charge in [0, 0.05) is 5.56 Å². The van der Waals surface area contributed by atoms with E-state index in [1.165, 1.54) is 12.1 Å². The molecule has 18 heavy (non-hydrogen) atoms. The molecule has 2 nitrogen and oxygen atoms in total. The number of aliphatic hydroxyl groups is 1. The highest BCUT2D eigenvalue weighted by molar-refractivity contribution is 5.42. The molecule has 2 aromatic rings. The van der Waals surface area contributed by atoms with E-state index in [9.17, 15) is 9.50 Å². The summed E-state index contributed by atoms with van der Waals surface area (Å²) < 4.78 is 18.5. The van der Waals surface area contributed by atoms with Crippen LogP contribution >= 0.6 is 0 Å². The zero-order chi connectivity index (χ0) is 13.1. The second-order valence-electron chi connectivity index (χ2n) is 4.15. The molecule has 0 amide bonds. The van der Waals surface area contributed by atoms with Crippen molar-refractivity contribution in [2.45, 2.75) is 13.0 Å². The molecule has 0 saturated carbocycles. The molecule has 1 atom stereocenters. The minimum absolute atomic E-state index is 0.357. The van der Waals surface area contributed by atoms with Crippen LogP contribution in [0.3, 0.4) is 0 Å². The van der Waals surface area contributed by atoms with Crippen LogP contribution in [-0.4, -0.2) is 12.2 Å². The molecule has 0 heterocycles. The number of hydrogen-bond acceptors (Lipinski definition) is 2. The third-order valence-electron chi connectivity index (χ3n) is 2.97. The lowest BCUT2D eigenvalue weighted by molar-refractivity contribution is 0.213. The third kappa shape index (κ3) is 2.36. The standard InChI is InChI=1S/C15H15FO2/c1-10-7-8-11(16)9-13(10)15(17)12-5-3-4-6-14(12)18-2/h3-9,15,17H,1-2H3. The number of ether oxygens (including phenoxy) is 1. The topological polar surface area (TPSA) is 29.5 Å². The van der Waals surface area contributed by atoms with E-state index >= 15 is 0 Å². The molecule has 0 aliphatic rings. The van der Waals surface area contributed by atoms with Gasteiger partial charge in [-0.2, -0.15) is 0 Å². The van der Waals surface area contributed by atoms with Gasteiger partial charge in [-0.3, -0.25) is 0 Å². The number of aliphatic hydroxyl groups excluding tert-OH is 1. The smallest absolute Gasteiger partial charge is 0.125 e. The van der Waals surface area contributed by atoms with Gasteiger partial charge in [-0.1, -0.05) is 24.3 Å². The average molecular weight is 246 g/mol. The molecule has 94 valence electrons. The fourth-order valence-electron chi connectivity index (χ4n) is 1.97. The Bertz CT molecular complexity index is 552. The molecule has 2 aromatic carbocycles. The highest BCUT2D eigenvalue weighted by Gasteiger charge is 2.17. The van der Waals surface area contributed by atoms with E-state index in [-0.39, 0.29) is 5.82 Å². The summed E-state index contributed by atoms with van der Waals surface area (Å²) in [5, 5.41) is 10.4. The minimum atomic E-state index is -0.892. The van der Waals surface area contributed by atoms with Crippen molar-refractivity contribution in [3.05, 3.63) is 65.0 Å². The SMILES string of the molecule is COc1ccccc1C(O)c1cc(F)ccc1C. The molecule has 2 rings (SSSR count). The van der Waals surface area contributed by atoms with Gasteiger partial charge in [0.15, 0.2) is 0 Å². The number of methoxy groups -OCH3 is 1. The highest BCUT2D eigenvalue weighted by atomic mass is 19.1. The Morgan fingerprint density at radius 2 is 1.83 bits per heavy atom. The van der Waals surface area contributed by atoms with Crippen molar-refractivity contribution in [1.82, 2.24) is 0 Å². The average Bonchev–Trinajstić information content (AvgIpc) is 2.40. The van der Waals surface area contributed by atoms with E-state index in [2.05, 4.69) is 0 Å². The Morgan fingerprint density at radius 3 is 2.56 bits per heavy atom. The molecular weight excluding hydrogens is 231 g/mol. The normalized spacial score (nSPS) is 12.2. The second kappa shape index (κ2) is 5.19. The molecule has 0 aliphatic carbocycles. The fraction of sp³-hybridized carbons (Fsp3) is 0.200. The molecule has 1 unspecified atom stereocenters. The summed E-state index contributed by atoms with van der Waals surface area (Å²) in [7, 11) is 1.55. The van der Waals surface area contributed by atoms with Crippen molar-refractivity contribution in [3.8, 4) is 5.75 Å². The van der Waals surface area contributed by atoms with E-state index in [4.69, 9.17) is 4.74 Å². The Kier molecular flexibility index (Phi) is 3.63. The van der Waals surface area contributed by atoms with Crippen LogP contribution in [0.5, 0.6) is 5.75 Å². The number of benzene rings is 2. The molecule has 0 aliphatic heterocycles. The lowest BCUT2D eigenvalue weighted by Gasteiger charge is -2.17. The molecule has 0 spiro atoms. The first-order valence-corrected chi connectivity index (χ1v) is 5.70. The molecule has 0 radical (unpaired) electrons. The number of aryl methyl sites for hydroxylation is 1. The van der Waals surface area contributed by atoms with Crippen molar-refractivity contribution >= 4 is 0 Å². The first-order chi connectivity index (χ1) is 8.63. The summed E-state index contributed by atoms with van der Waals surface area (Å²) >= 11 is 0. The summed E-state index contributed by atoms with van der Waals surface area (Å²) in [5.41, 5.74) is 2.03. The number of para-hydroxylation sites is 1. The highest BCUT2D eigenvalue weighted by Crippen LogP contribution is 2.31. The van der Waals surface area contributed by atoms with Crippen molar-refractivity contribution in [1.29, 1.82) is 0 Å². The first kappa shape index (κ1) is 12.6. The molecule has 3 heteroatoms. The van der Waals surface area contributed by atoms with Crippen molar-refractivity contribution in [2.24, 2.45) is 0 Å². The van der Waals surface area contributed by atoms with Gasteiger partial charge < -0.3 is 9.84 Å². The van der Waals surface area contributed by atoms with Gasteiger partial charge in [0.05, 0.1) is 7.11 Å². The lowest BCUT2D eigenvalue weighted by atomic mass is 9.97. The minimum Gasteiger partial charge on any atom is -0.496 e. The van der Waals surface area contributed by atoms with Crippen LogP contribution in [0.15, 0.2) is 42.5 Å². The van der Waals surface area contributed by atoms with Crippen molar-refractivity contribution < 1.29 is 14.2 Å². The summed E-state index contributed by atoms with van der Waals surface area (Å²) in [6.45, 7) is 1.84. The number of rotatable bonds is 3. The van der Waals surface area contributed by atoms with E-state index in [0.29, 0.717) is 16.9 Å². The van der Waals surface area contributed by atoms with Crippen molar-refractivity contribution in [2.75, 3.05) is 7.11 Å². The number of halogens is 1. The predicted molar refractivity (Wildman–Crippen MR) is 68.2 cm³/mol. The van der Waals surface area contributed by atoms with E-state index in [1.54, 1.807) is 25.3 Å². The van der Waals surface area contributed by atoms with Crippen LogP contribution < -0.4 is 4.74 Å². The van der Waals surface area contributed by atoms with Crippen molar-refractivity contribution in [3.63, 3.8) is 0 Å². The van der Waals surface area contributed by atoms with Gasteiger partial charge in [0.1, 0.15) is 17.7 Å². The molecule has 0 aromatic heterocycles. The van der Waals surface area contributed by atoms with E-state index in [0.717, 1.165) is 5.56 Å².